The van der Waals surface area contributed by atoms with Crippen LogP contribution in [0.3, 0.4) is 0 Å². The van der Waals surface area contributed by atoms with Gasteiger partial charge in [0.15, 0.2) is 0 Å². The van der Waals surface area contributed by atoms with Crippen LogP contribution in [0.2, 0.25) is 0 Å². The van der Waals surface area contributed by atoms with Crippen LogP contribution in [0.15, 0.2) is 58.7 Å². The van der Waals surface area contributed by atoms with Crippen molar-refractivity contribution < 1.29 is 8.78 Å². The van der Waals surface area contributed by atoms with Gasteiger partial charge in [-0.25, -0.2) is 8.78 Å². The smallest absolute Gasteiger partial charge is 0.123 e. The van der Waals surface area contributed by atoms with Gasteiger partial charge in [-0.3, -0.25) is 0 Å². The molecule has 2 aromatic carbocycles. The molecule has 0 amide bonds. The zero-order chi connectivity index (χ0) is 22.2. The number of likely N-dealkylation sites (tertiary alicyclic amines) is 2. The van der Waals surface area contributed by atoms with E-state index in [0.29, 0.717) is 0 Å². The van der Waals surface area contributed by atoms with Crippen LogP contribution < -0.4 is 0 Å². The molecule has 0 atom stereocenters. The second-order valence-electron chi connectivity index (χ2n) is 8.70. The number of halogens is 2. The second-order valence-corrected chi connectivity index (χ2v) is 8.70. The first-order valence-corrected chi connectivity index (χ1v) is 11.8. The summed E-state index contributed by atoms with van der Waals surface area (Å²) in [5.41, 5.74) is 3.51. The first kappa shape index (κ1) is 22.7. The van der Waals surface area contributed by atoms with Crippen LogP contribution >= 0.6 is 0 Å². The molecule has 0 unspecified atom stereocenters. The van der Waals surface area contributed by atoms with E-state index in [2.05, 4.69) is 20.0 Å². The summed E-state index contributed by atoms with van der Waals surface area (Å²) in [5.74, 6) is -0.512. The standard InChI is InChI=1S/C26H32F2N4/c27-23-9-5-21(6-10-23)25(13-19-31-15-1-2-16-31)29-30-26(14-20-32-17-3-4-18-32)22-7-11-24(28)12-8-22/h5-12H,1-4,13-20H2. The molecule has 2 saturated heterocycles. The Bertz CT molecular complexity index is 832. The third-order valence-corrected chi connectivity index (χ3v) is 6.37. The third kappa shape index (κ3) is 6.53. The van der Waals surface area contributed by atoms with Crippen LogP contribution in [0, 0.1) is 11.6 Å². The summed E-state index contributed by atoms with van der Waals surface area (Å²) in [4.78, 5) is 4.88. The van der Waals surface area contributed by atoms with E-state index in [9.17, 15) is 8.78 Å². The van der Waals surface area contributed by atoms with Crippen molar-refractivity contribution in [2.24, 2.45) is 10.2 Å². The lowest BCUT2D eigenvalue weighted by Crippen LogP contribution is -2.23. The van der Waals surface area contributed by atoms with Crippen LogP contribution in [-0.2, 0) is 0 Å². The Morgan fingerprint density at radius 1 is 0.594 bits per heavy atom. The molecule has 0 saturated carbocycles. The molecule has 6 heteroatoms. The van der Waals surface area contributed by atoms with Gasteiger partial charge in [0.05, 0.1) is 11.4 Å². The van der Waals surface area contributed by atoms with Gasteiger partial charge in [-0.1, -0.05) is 24.3 Å². The molecule has 0 N–H and O–H groups in total. The van der Waals surface area contributed by atoms with E-state index in [4.69, 9.17) is 0 Å². The SMILES string of the molecule is Fc1ccc(C(CCN2CCCC2)=NN=C(CCN2CCCC2)c2ccc(F)cc2)cc1. The highest BCUT2D eigenvalue weighted by Crippen LogP contribution is 2.15. The minimum atomic E-state index is -0.256. The van der Waals surface area contributed by atoms with Crippen molar-refractivity contribution in [1.82, 2.24) is 9.80 Å². The summed E-state index contributed by atoms with van der Waals surface area (Å²) in [6, 6.07) is 13.0. The topological polar surface area (TPSA) is 31.2 Å². The van der Waals surface area contributed by atoms with Crippen molar-refractivity contribution in [3.05, 3.63) is 71.3 Å². The van der Waals surface area contributed by atoms with Gasteiger partial charge in [-0.2, -0.15) is 10.2 Å². The van der Waals surface area contributed by atoms with E-state index in [1.807, 2.05) is 0 Å². The predicted octanol–water partition coefficient (Wildman–Crippen LogP) is 5.13. The molecular formula is C26H32F2N4. The maximum absolute atomic E-state index is 13.5. The van der Waals surface area contributed by atoms with Crippen LogP contribution in [0.1, 0.15) is 49.7 Å². The normalized spacial score (nSPS) is 18.6. The van der Waals surface area contributed by atoms with Crippen LogP contribution in [-0.4, -0.2) is 60.5 Å². The Hall–Kier alpha value is -2.44. The molecule has 2 aliphatic heterocycles. The summed E-state index contributed by atoms with van der Waals surface area (Å²) in [6.45, 7) is 6.33. The quantitative estimate of drug-likeness (QED) is 0.401. The van der Waals surface area contributed by atoms with Crippen molar-refractivity contribution in [2.75, 3.05) is 39.3 Å². The molecule has 2 aliphatic rings. The summed E-state index contributed by atoms with van der Waals surface area (Å²) in [5, 5.41) is 9.34. The highest BCUT2D eigenvalue weighted by atomic mass is 19.1. The van der Waals surface area contributed by atoms with Gasteiger partial charge in [-0.05, 0) is 87.3 Å². The lowest BCUT2D eigenvalue weighted by molar-refractivity contribution is 0.349. The maximum atomic E-state index is 13.5. The Balaban J connectivity index is 1.58. The Kier molecular flexibility index (Phi) is 8.13. The van der Waals surface area contributed by atoms with Crippen molar-refractivity contribution in [2.45, 2.75) is 38.5 Å². The molecule has 32 heavy (non-hydrogen) atoms. The Morgan fingerprint density at radius 3 is 1.28 bits per heavy atom. The van der Waals surface area contributed by atoms with E-state index in [0.717, 1.165) is 74.7 Å². The minimum Gasteiger partial charge on any atom is -0.303 e. The summed E-state index contributed by atoms with van der Waals surface area (Å²) >= 11 is 0. The van der Waals surface area contributed by atoms with Crippen molar-refractivity contribution in [1.29, 1.82) is 0 Å². The molecule has 2 heterocycles. The largest absolute Gasteiger partial charge is 0.303 e. The molecule has 0 aliphatic carbocycles. The lowest BCUT2D eigenvalue weighted by atomic mass is 10.1. The molecule has 0 aromatic heterocycles. The molecule has 170 valence electrons. The Labute approximate surface area is 189 Å². The molecule has 4 rings (SSSR count). The van der Waals surface area contributed by atoms with Gasteiger partial charge in [0.2, 0.25) is 0 Å². The number of nitrogens with zero attached hydrogens (tertiary/aromatic N) is 4. The van der Waals surface area contributed by atoms with Gasteiger partial charge in [0.1, 0.15) is 11.6 Å². The summed E-state index contributed by atoms with van der Waals surface area (Å²) < 4.78 is 27.0. The molecule has 0 spiro atoms. The van der Waals surface area contributed by atoms with Crippen LogP contribution in [0.4, 0.5) is 8.78 Å². The molecule has 0 radical (unpaired) electrons. The fraction of sp³-hybridized carbons (Fsp3) is 0.462. The fourth-order valence-corrected chi connectivity index (χ4v) is 4.45. The predicted molar refractivity (Wildman–Crippen MR) is 126 cm³/mol. The highest BCUT2D eigenvalue weighted by Gasteiger charge is 2.15. The van der Waals surface area contributed by atoms with Crippen molar-refractivity contribution in [3.63, 3.8) is 0 Å². The molecular weight excluding hydrogens is 406 g/mol. The van der Waals surface area contributed by atoms with Gasteiger partial charge in [0, 0.05) is 25.9 Å². The van der Waals surface area contributed by atoms with Crippen molar-refractivity contribution >= 4 is 11.4 Å². The fourth-order valence-electron chi connectivity index (χ4n) is 4.45. The molecule has 2 aromatic rings. The average molecular weight is 439 g/mol. The Morgan fingerprint density at radius 2 is 0.938 bits per heavy atom. The zero-order valence-electron chi connectivity index (χ0n) is 18.6. The second kappa shape index (κ2) is 11.4. The number of hydrogen-bond donors (Lipinski definition) is 0. The summed E-state index contributed by atoms with van der Waals surface area (Å²) in [7, 11) is 0. The van der Waals surface area contributed by atoms with Gasteiger partial charge < -0.3 is 9.80 Å². The highest BCUT2D eigenvalue weighted by molar-refractivity contribution is 6.03. The number of hydrogen-bond acceptors (Lipinski definition) is 4. The van der Waals surface area contributed by atoms with E-state index < -0.39 is 0 Å². The lowest BCUT2D eigenvalue weighted by Gasteiger charge is -2.16. The number of benzene rings is 2. The van der Waals surface area contributed by atoms with Gasteiger partial charge in [-0.15, -0.1) is 0 Å². The van der Waals surface area contributed by atoms with Crippen molar-refractivity contribution in [3.8, 4) is 0 Å². The average Bonchev–Trinajstić information content (AvgIpc) is 3.52. The summed E-state index contributed by atoms with van der Waals surface area (Å²) in [6.07, 6.45) is 6.49. The van der Waals surface area contributed by atoms with E-state index in [1.54, 1.807) is 24.3 Å². The van der Waals surface area contributed by atoms with E-state index >= 15 is 0 Å². The maximum Gasteiger partial charge on any atom is 0.123 e. The zero-order valence-corrected chi connectivity index (χ0v) is 18.6. The third-order valence-electron chi connectivity index (χ3n) is 6.37. The van der Waals surface area contributed by atoms with Gasteiger partial charge in [0.25, 0.3) is 0 Å². The molecule has 0 bridgehead atoms. The minimum absolute atomic E-state index is 0.256. The van der Waals surface area contributed by atoms with Crippen LogP contribution in [0.25, 0.3) is 0 Å². The first-order chi connectivity index (χ1) is 15.7. The number of rotatable bonds is 9. The van der Waals surface area contributed by atoms with Crippen LogP contribution in [0.5, 0.6) is 0 Å². The molecule has 2 fully saturated rings. The first-order valence-electron chi connectivity index (χ1n) is 11.8. The van der Waals surface area contributed by atoms with E-state index in [1.165, 1.54) is 49.9 Å². The van der Waals surface area contributed by atoms with Gasteiger partial charge >= 0.3 is 0 Å². The van der Waals surface area contributed by atoms with E-state index in [-0.39, 0.29) is 11.6 Å². The molecule has 4 nitrogen and oxygen atoms in total. The monoisotopic (exact) mass is 438 g/mol.